The van der Waals surface area contributed by atoms with Crippen LogP contribution in [0.25, 0.3) is 0 Å². The van der Waals surface area contributed by atoms with Crippen LogP contribution in [0.2, 0.25) is 5.02 Å². The van der Waals surface area contributed by atoms with Crippen LogP contribution < -0.4 is 10.1 Å². The summed E-state index contributed by atoms with van der Waals surface area (Å²) < 4.78 is 5.99. The number of anilines is 1. The van der Waals surface area contributed by atoms with Gasteiger partial charge in [0.15, 0.2) is 0 Å². The predicted molar refractivity (Wildman–Crippen MR) is 163 cm³/mol. The van der Waals surface area contributed by atoms with Crippen molar-refractivity contribution in [3.63, 3.8) is 0 Å². The number of rotatable bonds is 6. The Hall–Kier alpha value is -3.82. The van der Waals surface area contributed by atoms with Gasteiger partial charge in [-0.3, -0.25) is 4.99 Å². The van der Waals surface area contributed by atoms with Gasteiger partial charge < -0.3 is 10.1 Å². The van der Waals surface area contributed by atoms with Crippen molar-refractivity contribution < 1.29 is 4.74 Å². The second-order valence-corrected chi connectivity index (χ2v) is 11.3. The molecular weight excluding hydrogens is 500 g/mol. The summed E-state index contributed by atoms with van der Waals surface area (Å²) in [6.45, 7) is 6.85. The lowest BCUT2D eigenvalue weighted by Gasteiger charge is -2.37. The maximum absolute atomic E-state index is 6.54. The number of fused-ring (bicyclic) bond motifs is 3. The van der Waals surface area contributed by atoms with Crippen LogP contribution in [0.15, 0.2) is 96.0 Å². The van der Waals surface area contributed by atoms with Crippen LogP contribution in [0.1, 0.15) is 57.3 Å². The summed E-state index contributed by atoms with van der Waals surface area (Å²) in [5.74, 6) is 1.68. The van der Waals surface area contributed by atoms with Crippen LogP contribution in [0, 0.1) is 26.7 Å². The Morgan fingerprint density at radius 2 is 1.69 bits per heavy atom. The maximum atomic E-state index is 6.54. The molecule has 0 bridgehead atoms. The molecular formula is C35H33ClN2O. The fourth-order valence-electron chi connectivity index (χ4n) is 5.99. The van der Waals surface area contributed by atoms with E-state index in [1.807, 2.05) is 24.4 Å². The third-order valence-electron chi connectivity index (χ3n) is 7.76. The minimum atomic E-state index is 0.285. The van der Waals surface area contributed by atoms with E-state index in [-0.39, 0.29) is 6.04 Å². The average Bonchev–Trinajstić information content (AvgIpc) is 3.41. The molecule has 6 rings (SSSR count). The first kappa shape index (κ1) is 25.5. The summed E-state index contributed by atoms with van der Waals surface area (Å²) in [4.78, 5) is 4.70. The van der Waals surface area contributed by atoms with Gasteiger partial charge in [-0.25, -0.2) is 0 Å². The van der Waals surface area contributed by atoms with E-state index in [1.165, 1.54) is 33.5 Å². The standard InChI is InChI=1S/C35H33ClN2O/c1-22-7-13-33-31(18-22)29-5-4-6-30(29)35(38-33)27-9-11-28(12-10-27)37-20-25-8-14-34(32(36)19-25)39-21-26-16-23(2)15-24(3)17-26/h4-5,7-20,29-30,35,38H,6,21H2,1-3H3/t29-,30+,35+/m1/s1. The van der Waals surface area contributed by atoms with Crippen molar-refractivity contribution in [2.45, 2.75) is 45.8 Å². The maximum Gasteiger partial charge on any atom is 0.138 e. The quantitative estimate of drug-likeness (QED) is 0.198. The number of nitrogens with zero attached hydrogens (tertiary/aromatic N) is 1. The smallest absolute Gasteiger partial charge is 0.138 e. The number of nitrogens with one attached hydrogen (secondary N) is 1. The van der Waals surface area contributed by atoms with E-state index in [2.05, 4.69) is 98.9 Å². The highest BCUT2D eigenvalue weighted by atomic mass is 35.5. The van der Waals surface area contributed by atoms with Gasteiger partial charge in [0.05, 0.1) is 16.8 Å². The highest BCUT2D eigenvalue weighted by molar-refractivity contribution is 6.32. The van der Waals surface area contributed by atoms with Crippen molar-refractivity contribution >= 4 is 29.2 Å². The first-order chi connectivity index (χ1) is 18.9. The van der Waals surface area contributed by atoms with Crippen molar-refractivity contribution in [2.75, 3.05) is 5.32 Å². The minimum Gasteiger partial charge on any atom is -0.487 e. The van der Waals surface area contributed by atoms with Crippen LogP contribution in [-0.4, -0.2) is 6.21 Å². The monoisotopic (exact) mass is 532 g/mol. The second-order valence-electron chi connectivity index (χ2n) is 10.9. The van der Waals surface area contributed by atoms with Gasteiger partial charge in [-0.2, -0.15) is 0 Å². The molecule has 3 atom stereocenters. The van der Waals surface area contributed by atoms with Gasteiger partial charge in [0, 0.05) is 17.8 Å². The summed E-state index contributed by atoms with van der Waals surface area (Å²) in [6.07, 6.45) is 7.68. The van der Waals surface area contributed by atoms with Crippen molar-refractivity contribution in [3.8, 4) is 5.75 Å². The third-order valence-corrected chi connectivity index (χ3v) is 8.06. The topological polar surface area (TPSA) is 33.6 Å². The molecule has 1 aliphatic carbocycles. The zero-order valence-electron chi connectivity index (χ0n) is 22.6. The Bertz CT molecular complexity index is 1550. The van der Waals surface area contributed by atoms with E-state index in [1.54, 1.807) is 0 Å². The summed E-state index contributed by atoms with van der Waals surface area (Å²) in [5, 5.41) is 4.40. The lowest BCUT2D eigenvalue weighted by molar-refractivity contribution is 0.306. The molecule has 0 unspecified atom stereocenters. The predicted octanol–water partition coefficient (Wildman–Crippen LogP) is 9.42. The van der Waals surface area contributed by atoms with Gasteiger partial charge in [-0.05, 0) is 91.8 Å². The van der Waals surface area contributed by atoms with Crippen molar-refractivity contribution in [3.05, 3.63) is 135 Å². The number of aryl methyl sites for hydroxylation is 3. The summed E-state index contributed by atoms with van der Waals surface area (Å²) in [7, 11) is 0. The lowest BCUT2D eigenvalue weighted by atomic mass is 9.76. The summed E-state index contributed by atoms with van der Waals surface area (Å²) in [6, 6.07) is 27.9. The normalized spacial score (nSPS) is 19.5. The highest BCUT2D eigenvalue weighted by Gasteiger charge is 2.37. The number of ether oxygens (including phenoxy) is 1. The molecule has 4 aromatic rings. The number of halogens is 1. The van der Waals surface area contributed by atoms with E-state index in [9.17, 15) is 0 Å². The summed E-state index contributed by atoms with van der Waals surface area (Å²) >= 11 is 6.54. The van der Waals surface area contributed by atoms with Gasteiger partial charge in [0.1, 0.15) is 12.4 Å². The van der Waals surface area contributed by atoms with E-state index >= 15 is 0 Å². The molecule has 3 nitrogen and oxygen atoms in total. The Morgan fingerprint density at radius 1 is 0.897 bits per heavy atom. The molecule has 0 amide bonds. The molecule has 0 radical (unpaired) electrons. The molecule has 39 heavy (non-hydrogen) atoms. The van der Waals surface area contributed by atoms with Crippen molar-refractivity contribution in [2.24, 2.45) is 10.9 Å². The molecule has 0 saturated carbocycles. The fourth-order valence-corrected chi connectivity index (χ4v) is 6.23. The Morgan fingerprint density at radius 3 is 2.46 bits per heavy atom. The Balaban J connectivity index is 1.12. The number of aliphatic imine (C=N–C) groups is 1. The molecule has 2 aliphatic rings. The molecule has 0 saturated heterocycles. The molecule has 1 N–H and O–H groups in total. The lowest BCUT2D eigenvalue weighted by Crippen LogP contribution is -2.29. The molecule has 4 aromatic carbocycles. The van der Waals surface area contributed by atoms with Crippen molar-refractivity contribution in [1.82, 2.24) is 0 Å². The Labute approximate surface area is 236 Å². The number of allylic oxidation sites excluding steroid dienone is 2. The van der Waals surface area contributed by atoms with Gasteiger partial charge in [-0.15, -0.1) is 0 Å². The fraction of sp³-hybridized carbons (Fsp3) is 0.229. The van der Waals surface area contributed by atoms with Crippen LogP contribution >= 0.6 is 11.6 Å². The summed E-state index contributed by atoms with van der Waals surface area (Å²) in [5.41, 5.74) is 10.7. The van der Waals surface area contributed by atoms with Gasteiger partial charge in [-0.1, -0.05) is 82.9 Å². The average molecular weight is 533 g/mol. The number of benzene rings is 4. The molecule has 1 aliphatic heterocycles. The van der Waals surface area contributed by atoms with Crippen molar-refractivity contribution in [1.29, 1.82) is 0 Å². The van der Waals surface area contributed by atoms with Crippen LogP contribution in [0.5, 0.6) is 5.75 Å². The Kier molecular flexibility index (Phi) is 7.01. The second kappa shape index (κ2) is 10.7. The first-order valence-corrected chi connectivity index (χ1v) is 14.0. The van der Waals surface area contributed by atoms with E-state index in [4.69, 9.17) is 21.3 Å². The van der Waals surface area contributed by atoms with Gasteiger partial charge in [0.2, 0.25) is 0 Å². The number of hydrogen-bond donors (Lipinski definition) is 1. The highest BCUT2D eigenvalue weighted by Crippen LogP contribution is 2.50. The third kappa shape index (κ3) is 5.51. The van der Waals surface area contributed by atoms with Gasteiger partial charge in [0.25, 0.3) is 0 Å². The first-order valence-electron chi connectivity index (χ1n) is 13.6. The van der Waals surface area contributed by atoms with E-state index in [0.717, 1.165) is 23.2 Å². The molecule has 4 heteroatoms. The SMILES string of the molecule is Cc1cc(C)cc(COc2ccc(C=Nc3ccc([C@@H]4Nc5ccc(C)cc5[C@@H]5C=CC[C@@H]54)cc3)cc2Cl)c1. The molecule has 1 heterocycles. The van der Waals surface area contributed by atoms with Crippen LogP contribution in [0.4, 0.5) is 11.4 Å². The van der Waals surface area contributed by atoms with E-state index < -0.39 is 0 Å². The zero-order valence-corrected chi connectivity index (χ0v) is 23.4. The zero-order chi connectivity index (χ0) is 26.9. The minimum absolute atomic E-state index is 0.285. The van der Waals surface area contributed by atoms with E-state index in [0.29, 0.717) is 29.2 Å². The van der Waals surface area contributed by atoms with Crippen LogP contribution in [0.3, 0.4) is 0 Å². The molecule has 196 valence electrons. The molecule has 0 aromatic heterocycles. The number of hydrogen-bond acceptors (Lipinski definition) is 3. The molecule has 0 fully saturated rings. The largest absolute Gasteiger partial charge is 0.487 e. The van der Waals surface area contributed by atoms with Crippen LogP contribution in [-0.2, 0) is 6.61 Å². The van der Waals surface area contributed by atoms with Gasteiger partial charge >= 0.3 is 0 Å². The molecule has 0 spiro atoms.